The fraction of sp³-hybridized carbons (Fsp3) is 1.00. The second-order valence-electron chi connectivity index (χ2n) is 8.09. The predicted molar refractivity (Wildman–Crippen MR) is 112 cm³/mol. The van der Waals surface area contributed by atoms with Crippen LogP contribution in [0.2, 0.25) is 0 Å². The maximum absolute atomic E-state index is 11.1. The molecule has 0 saturated heterocycles. The van der Waals surface area contributed by atoms with Crippen molar-refractivity contribution in [1.29, 1.82) is 0 Å². The largest absolute Gasteiger partial charge is 0.393 e. The van der Waals surface area contributed by atoms with E-state index in [9.17, 15) is 5.11 Å². The third kappa shape index (κ3) is 6.82. The van der Waals surface area contributed by atoms with Gasteiger partial charge in [0.15, 0.2) is 0 Å². The molecule has 0 aromatic rings. The maximum atomic E-state index is 11.1. The monoisotopic (exact) mass is 362 g/mol. The third-order valence-corrected chi connectivity index (χ3v) is 8.09. The van der Waals surface area contributed by atoms with E-state index < -0.39 is 0 Å². The van der Waals surface area contributed by atoms with Crippen molar-refractivity contribution < 1.29 is 5.11 Å². The molecule has 0 aromatic carbocycles. The first-order valence-electron chi connectivity index (χ1n) is 9.64. The number of aliphatic hydroxyl groups excluding tert-OH is 1. The van der Waals surface area contributed by atoms with Crippen LogP contribution in [0.1, 0.15) is 74.7 Å². The summed E-state index contributed by atoms with van der Waals surface area (Å²) in [6, 6.07) is 0. The van der Waals surface area contributed by atoms with E-state index in [0.29, 0.717) is 29.6 Å². The number of hydrogen-bond donors (Lipinski definition) is 3. The average molecular weight is 363 g/mol. The molecule has 8 unspecified atom stereocenters. The van der Waals surface area contributed by atoms with Gasteiger partial charge in [0.25, 0.3) is 0 Å². The van der Waals surface area contributed by atoms with E-state index in [1.807, 2.05) is 0 Å². The molecule has 1 N–H and O–H groups in total. The van der Waals surface area contributed by atoms with Crippen LogP contribution in [0.3, 0.4) is 0 Å². The van der Waals surface area contributed by atoms with E-state index in [2.05, 4.69) is 68.0 Å². The minimum atomic E-state index is -0.296. The van der Waals surface area contributed by atoms with Crippen LogP contribution in [-0.2, 0) is 0 Å². The molecule has 0 radical (unpaired) electrons. The molecule has 0 rings (SSSR count). The average Bonchev–Trinajstić information content (AvgIpc) is 2.54. The van der Waals surface area contributed by atoms with Crippen LogP contribution in [0.15, 0.2) is 0 Å². The highest BCUT2D eigenvalue weighted by Crippen LogP contribution is 2.38. The number of aliphatic hydroxyl groups is 1. The van der Waals surface area contributed by atoms with Gasteiger partial charge in [0.05, 0.1) is 6.10 Å². The van der Waals surface area contributed by atoms with Gasteiger partial charge in [0.2, 0.25) is 0 Å². The smallest absolute Gasteiger partial charge is 0.0607 e. The fourth-order valence-corrected chi connectivity index (χ4v) is 4.40. The highest BCUT2D eigenvalue weighted by molar-refractivity contribution is 7.85. The van der Waals surface area contributed by atoms with Crippen LogP contribution in [0.5, 0.6) is 0 Å². The minimum absolute atomic E-state index is 0.141. The molecule has 0 fully saturated rings. The van der Waals surface area contributed by atoms with Gasteiger partial charge in [-0.2, -0.15) is 25.3 Å². The lowest BCUT2D eigenvalue weighted by molar-refractivity contribution is 0.00411. The molecular formula is C20H42OS2. The standard InChI is InChI=1S/C20H42OS2/c1-9-11-17(15(7)14(6)13(5)12(3)4)19(21)16(8)20(23)18(22)10-2/h12-23H,9-11H2,1-8H3. The summed E-state index contributed by atoms with van der Waals surface area (Å²) in [7, 11) is 0. The topological polar surface area (TPSA) is 20.2 Å². The molecule has 3 heteroatoms. The number of thiol groups is 2. The van der Waals surface area contributed by atoms with Crippen molar-refractivity contribution in [3.05, 3.63) is 0 Å². The first-order valence-corrected chi connectivity index (χ1v) is 10.7. The van der Waals surface area contributed by atoms with Crippen LogP contribution in [0, 0.1) is 35.5 Å². The summed E-state index contributed by atoms with van der Waals surface area (Å²) in [5.74, 6) is 3.01. The zero-order valence-electron chi connectivity index (χ0n) is 16.7. The fourth-order valence-electron chi connectivity index (χ4n) is 3.74. The lowest BCUT2D eigenvalue weighted by atomic mass is 9.69. The molecule has 0 heterocycles. The molecule has 0 amide bonds. The highest BCUT2D eigenvalue weighted by Gasteiger charge is 2.36. The van der Waals surface area contributed by atoms with Gasteiger partial charge in [-0.3, -0.25) is 0 Å². The number of rotatable bonds is 11. The zero-order chi connectivity index (χ0) is 18.3. The Hall–Kier alpha value is 0.660. The Labute approximate surface area is 157 Å². The third-order valence-electron chi connectivity index (χ3n) is 6.34. The molecule has 0 aliphatic carbocycles. The second-order valence-corrected chi connectivity index (χ2v) is 9.35. The van der Waals surface area contributed by atoms with Crippen LogP contribution < -0.4 is 0 Å². The molecule has 0 aliphatic rings. The van der Waals surface area contributed by atoms with Crippen molar-refractivity contribution in [2.75, 3.05) is 0 Å². The van der Waals surface area contributed by atoms with E-state index in [-0.39, 0.29) is 22.5 Å². The van der Waals surface area contributed by atoms with Gasteiger partial charge in [0.1, 0.15) is 0 Å². The molecule has 23 heavy (non-hydrogen) atoms. The molecular weight excluding hydrogens is 320 g/mol. The van der Waals surface area contributed by atoms with Crippen molar-refractivity contribution in [1.82, 2.24) is 0 Å². The van der Waals surface area contributed by atoms with Gasteiger partial charge in [-0.15, -0.1) is 0 Å². The molecule has 0 aliphatic heterocycles. The quantitative estimate of drug-likeness (QED) is 0.387. The highest BCUT2D eigenvalue weighted by atomic mass is 32.1. The van der Waals surface area contributed by atoms with Crippen LogP contribution in [0.25, 0.3) is 0 Å². The van der Waals surface area contributed by atoms with E-state index in [0.717, 1.165) is 19.3 Å². The summed E-state index contributed by atoms with van der Waals surface area (Å²) >= 11 is 9.40. The van der Waals surface area contributed by atoms with Gasteiger partial charge in [0, 0.05) is 10.5 Å². The summed E-state index contributed by atoms with van der Waals surface area (Å²) in [5.41, 5.74) is 0. The van der Waals surface area contributed by atoms with Gasteiger partial charge in [-0.05, 0) is 48.3 Å². The molecule has 0 bridgehead atoms. The summed E-state index contributed by atoms with van der Waals surface area (Å²) in [5, 5.41) is 11.5. The molecule has 140 valence electrons. The molecule has 1 nitrogen and oxygen atoms in total. The van der Waals surface area contributed by atoms with Crippen LogP contribution in [0.4, 0.5) is 0 Å². The Balaban J connectivity index is 5.14. The van der Waals surface area contributed by atoms with E-state index in [4.69, 9.17) is 12.6 Å². The normalized spacial score (nSPS) is 23.0. The molecule has 0 aromatic heterocycles. The van der Waals surface area contributed by atoms with Crippen LogP contribution in [-0.4, -0.2) is 21.7 Å². The summed E-state index contributed by atoms with van der Waals surface area (Å²) in [4.78, 5) is 0. The maximum Gasteiger partial charge on any atom is 0.0607 e. The van der Waals surface area contributed by atoms with Gasteiger partial charge in [-0.25, -0.2) is 0 Å². The van der Waals surface area contributed by atoms with Gasteiger partial charge < -0.3 is 5.11 Å². The van der Waals surface area contributed by atoms with Crippen molar-refractivity contribution >= 4 is 25.3 Å². The summed E-state index contributed by atoms with van der Waals surface area (Å²) in [6.07, 6.45) is 2.90. The predicted octanol–water partition coefficient (Wildman–Crippen LogP) is 5.97. The van der Waals surface area contributed by atoms with E-state index in [1.54, 1.807) is 0 Å². The Kier molecular flexibility index (Phi) is 11.6. The first kappa shape index (κ1) is 23.7. The van der Waals surface area contributed by atoms with Crippen molar-refractivity contribution in [2.24, 2.45) is 35.5 Å². The molecule has 8 atom stereocenters. The van der Waals surface area contributed by atoms with Crippen molar-refractivity contribution in [2.45, 2.75) is 91.3 Å². The van der Waals surface area contributed by atoms with Crippen molar-refractivity contribution in [3.63, 3.8) is 0 Å². The lowest BCUT2D eigenvalue weighted by Crippen LogP contribution is -2.41. The lowest BCUT2D eigenvalue weighted by Gasteiger charge is -2.40. The van der Waals surface area contributed by atoms with Crippen molar-refractivity contribution in [3.8, 4) is 0 Å². The Morgan fingerprint density at radius 2 is 1.30 bits per heavy atom. The Morgan fingerprint density at radius 1 is 0.783 bits per heavy atom. The summed E-state index contributed by atoms with van der Waals surface area (Å²) < 4.78 is 0. The molecule has 0 spiro atoms. The summed E-state index contributed by atoms with van der Waals surface area (Å²) in [6.45, 7) is 18.2. The Bertz CT molecular complexity index is 308. The zero-order valence-corrected chi connectivity index (χ0v) is 18.4. The van der Waals surface area contributed by atoms with Crippen LogP contribution >= 0.6 is 25.3 Å². The SMILES string of the molecule is CCCC(C(C)C(C)C(C)C(C)C)C(O)C(C)C(S)C(S)CC. The van der Waals surface area contributed by atoms with E-state index >= 15 is 0 Å². The van der Waals surface area contributed by atoms with E-state index in [1.165, 1.54) is 0 Å². The van der Waals surface area contributed by atoms with Gasteiger partial charge >= 0.3 is 0 Å². The first-order chi connectivity index (χ1) is 10.6. The number of hydrogen-bond acceptors (Lipinski definition) is 3. The van der Waals surface area contributed by atoms with Gasteiger partial charge in [-0.1, -0.05) is 61.8 Å². The second kappa shape index (κ2) is 11.3. The Morgan fingerprint density at radius 3 is 1.70 bits per heavy atom. The molecule has 0 saturated carbocycles. The minimum Gasteiger partial charge on any atom is -0.393 e.